The van der Waals surface area contributed by atoms with Crippen LogP contribution < -0.4 is 5.32 Å². The molecule has 1 aliphatic heterocycles. The molecule has 0 unspecified atom stereocenters. The molecule has 0 radical (unpaired) electrons. The van der Waals surface area contributed by atoms with Crippen LogP contribution in [0.5, 0.6) is 0 Å². The summed E-state index contributed by atoms with van der Waals surface area (Å²) in [6.45, 7) is 4.66. The largest absolute Gasteiger partial charge is 0.468 e. The Morgan fingerprint density at radius 1 is 1.29 bits per heavy atom. The number of carbonyl (C=O) groups is 3. The Morgan fingerprint density at radius 3 is 2.65 bits per heavy atom. The lowest BCUT2D eigenvalue weighted by Gasteiger charge is -2.51. The lowest BCUT2D eigenvalue weighted by molar-refractivity contribution is -0.162. The van der Waals surface area contributed by atoms with E-state index in [1.807, 2.05) is 36.4 Å². The summed E-state index contributed by atoms with van der Waals surface area (Å²) in [4.78, 5) is 40.8. The fraction of sp³-hybridized carbons (Fsp3) is 0.480. The number of allylic oxidation sites excluding steroid dienone is 1. The predicted molar refractivity (Wildman–Crippen MR) is 117 cm³/mol. The lowest BCUT2D eigenvalue weighted by atomic mass is 9.59. The molecule has 1 aromatic rings. The van der Waals surface area contributed by atoms with E-state index in [0.717, 1.165) is 12.0 Å². The van der Waals surface area contributed by atoms with Crippen molar-refractivity contribution in [2.45, 2.75) is 46.1 Å². The summed E-state index contributed by atoms with van der Waals surface area (Å²) in [6.07, 6.45) is 8.79. The number of piperidine rings is 1. The quantitative estimate of drug-likeness (QED) is 0.565. The number of hydrogen-bond donors (Lipinski definition) is 1. The highest BCUT2D eigenvalue weighted by Crippen LogP contribution is 2.55. The molecule has 0 saturated carbocycles. The van der Waals surface area contributed by atoms with E-state index in [2.05, 4.69) is 25.1 Å². The highest BCUT2D eigenvalue weighted by Gasteiger charge is 2.57. The van der Waals surface area contributed by atoms with Crippen molar-refractivity contribution in [3.63, 3.8) is 0 Å². The number of hydrogen-bond acceptors (Lipinski definition) is 4. The van der Waals surface area contributed by atoms with E-state index in [1.165, 1.54) is 7.11 Å². The molecule has 1 N–H and O–H groups in total. The summed E-state index contributed by atoms with van der Waals surface area (Å²) in [5, 5.41) is 2.63. The van der Waals surface area contributed by atoms with Gasteiger partial charge in [-0.1, -0.05) is 56.2 Å². The van der Waals surface area contributed by atoms with E-state index in [9.17, 15) is 14.4 Å². The summed E-state index contributed by atoms with van der Waals surface area (Å²) in [5.41, 5.74) is 0.564. The number of rotatable bonds is 6. The van der Waals surface area contributed by atoms with Gasteiger partial charge in [-0.25, -0.2) is 0 Å². The maximum atomic E-state index is 13.5. The molecule has 2 atom stereocenters. The molecule has 1 saturated heterocycles. The van der Waals surface area contributed by atoms with E-state index >= 15 is 0 Å². The topological polar surface area (TPSA) is 75.7 Å². The number of nitrogens with one attached hydrogen (secondary N) is 1. The molecule has 31 heavy (non-hydrogen) atoms. The third-order valence-electron chi connectivity index (χ3n) is 6.20. The number of benzene rings is 1. The number of fused-ring (bicyclic) bond motifs is 1. The van der Waals surface area contributed by atoms with E-state index < -0.39 is 11.3 Å². The molecule has 2 aliphatic rings. The van der Waals surface area contributed by atoms with Crippen LogP contribution in [0.25, 0.3) is 0 Å². The molecule has 0 bridgehead atoms. The fourth-order valence-electron chi connectivity index (χ4n) is 4.93. The van der Waals surface area contributed by atoms with Crippen LogP contribution in [0.2, 0.25) is 0 Å². The first-order chi connectivity index (χ1) is 14.7. The van der Waals surface area contributed by atoms with Crippen LogP contribution in [0.15, 0.2) is 42.1 Å². The number of methoxy groups -OCH3 is 1. The first-order valence-electron chi connectivity index (χ1n) is 10.6. The Morgan fingerprint density at radius 2 is 2.00 bits per heavy atom. The van der Waals surface area contributed by atoms with Gasteiger partial charge in [0.1, 0.15) is 5.41 Å². The van der Waals surface area contributed by atoms with Crippen LogP contribution >= 0.6 is 0 Å². The maximum absolute atomic E-state index is 13.5. The number of likely N-dealkylation sites (tertiary alicyclic amines) is 1. The van der Waals surface area contributed by atoms with Gasteiger partial charge in [0.2, 0.25) is 11.8 Å². The van der Waals surface area contributed by atoms with Gasteiger partial charge in [0, 0.05) is 18.0 Å². The molecule has 1 fully saturated rings. The molecule has 2 amide bonds. The number of amides is 2. The molecular weight excluding hydrogens is 392 g/mol. The summed E-state index contributed by atoms with van der Waals surface area (Å²) in [6, 6.07) is 9.65. The Hall–Kier alpha value is -3.07. The van der Waals surface area contributed by atoms with Gasteiger partial charge >= 0.3 is 5.97 Å². The molecule has 0 aromatic heterocycles. The van der Waals surface area contributed by atoms with E-state index in [-0.39, 0.29) is 42.6 Å². The van der Waals surface area contributed by atoms with Gasteiger partial charge < -0.3 is 15.0 Å². The fourth-order valence-corrected chi connectivity index (χ4v) is 4.93. The molecule has 1 aliphatic carbocycles. The van der Waals surface area contributed by atoms with Gasteiger partial charge in [-0.05, 0) is 30.2 Å². The SMILES string of the molecule is C#CCNC(=O)C[C@@H]1C[C@@]2(C(=O)OC)CC(C)(C)CC=C2N(Cc2ccccc2)C1=O. The van der Waals surface area contributed by atoms with E-state index in [4.69, 9.17) is 11.2 Å². The Kier molecular flexibility index (Phi) is 6.54. The Labute approximate surface area is 184 Å². The molecule has 6 heteroatoms. The third kappa shape index (κ3) is 4.66. The van der Waals surface area contributed by atoms with Crippen molar-refractivity contribution >= 4 is 17.8 Å². The van der Waals surface area contributed by atoms with Gasteiger partial charge in [0.25, 0.3) is 0 Å². The van der Waals surface area contributed by atoms with Crippen LogP contribution in [0.3, 0.4) is 0 Å². The number of esters is 1. The highest BCUT2D eigenvalue weighted by atomic mass is 16.5. The van der Waals surface area contributed by atoms with Crippen LogP contribution in [-0.4, -0.2) is 36.3 Å². The highest BCUT2D eigenvalue weighted by molar-refractivity contribution is 5.92. The lowest BCUT2D eigenvalue weighted by Crippen LogP contribution is -2.55. The third-order valence-corrected chi connectivity index (χ3v) is 6.20. The number of terminal acetylenes is 1. The number of carbonyl (C=O) groups excluding carboxylic acids is 3. The Bertz CT molecular complexity index is 929. The van der Waals surface area contributed by atoms with Crippen LogP contribution in [0, 0.1) is 29.1 Å². The molecule has 6 nitrogen and oxygen atoms in total. The second-order valence-electron chi connectivity index (χ2n) is 9.20. The molecule has 164 valence electrons. The normalized spacial score (nSPS) is 24.5. The summed E-state index contributed by atoms with van der Waals surface area (Å²) >= 11 is 0. The first-order valence-corrected chi connectivity index (χ1v) is 10.6. The minimum absolute atomic E-state index is 0.0156. The molecule has 0 spiro atoms. The number of nitrogens with zero attached hydrogens (tertiary/aromatic N) is 1. The van der Waals surface area contributed by atoms with Crippen molar-refractivity contribution in [2.24, 2.45) is 16.7 Å². The standard InChI is InChI=1S/C25H30N2O4/c1-5-13-26-21(28)14-19-15-25(23(30)31-4)17-24(2,3)12-11-20(25)27(22(19)29)16-18-9-7-6-8-10-18/h1,6-11,19H,12-17H2,2-4H3,(H,26,28)/t19-,25-/m1/s1. The van der Waals surface area contributed by atoms with Crippen molar-refractivity contribution in [2.75, 3.05) is 13.7 Å². The van der Waals surface area contributed by atoms with Crippen LogP contribution in [0.4, 0.5) is 0 Å². The summed E-state index contributed by atoms with van der Waals surface area (Å²) < 4.78 is 5.25. The summed E-state index contributed by atoms with van der Waals surface area (Å²) in [7, 11) is 1.38. The van der Waals surface area contributed by atoms with Crippen molar-refractivity contribution in [3.8, 4) is 12.3 Å². The minimum atomic E-state index is -0.962. The smallest absolute Gasteiger partial charge is 0.317 e. The van der Waals surface area contributed by atoms with Crippen LogP contribution in [-0.2, 0) is 25.7 Å². The average molecular weight is 423 g/mol. The summed E-state index contributed by atoms with van der Waals surface area (Å²) in [5.74, 6) is 0.940. The zero-order chi connectivity index (χ0) is 22.6. The van der Waals surface area contributed by atoms with Crippen molar-refractivity contribution in [1.82, 2.24) is 10.2 Å². The second kappa shape index (κ2) is 8.97. The van der Waals surface area contributed by atoms with Gasteiger partial charge in [-0.2, -0.15) is 0 Å². The van der Waals surface area contributed by atoms with Gasteiger partial charge in [-0.3, -0.25) is 14.4 Å². The van der Waals surface area contributed by atoms with E-state index in [1.54, 1.807) is 4.90 Å². The molecular formula is C25H30N2O4. The monoisotopic (exact) mass is 422 g/mol. The second-order valence-corrected chi connectivity index (χ2v) is 9.20. The van der Waals surface area contributed by atoms with Crippen molar-refractivity contribution < 1.29 is 19.1 Å². The zero-order valence-electron chi connectivity index (χ0n) is 18.4. The van der Waals surface area contributed by atoms with Gasteiger partial charge in [-0.15, -0.1) is 6.42 Å². The molecule has 1 heterocycles. The molecule has 1 aromatic carbocycles. The Balaban J connectivity index is 2.03. The van der Waals surface area contributed by atoms with Crippen molar-refractivity contribution in [1.29, 1.82) is 0 Å². The minimum Gasteiger partial charge on any atom is -0.468 e. The average Bonchev–Trinajstić information content (AvgIpc) is 2.74. The zero-order valence-corrected chi connectivity index (χ0v) is 18.4. The molecule has 3 rings (SSSR count). The van der Waals surface area contributed by atoms with Crippen molar-refractivity contribution in [3.05, 3.63) is 47.7 Å². The maximum Gasteiger partial charge on any atom is 0.317 e. The van der Waals surface area contributed by atoms with Gasteiger partial charge in [0.15, 0.2) is 0 Å². The predicted octanol–water partition coefficient (Wildman–Crippen LogP) is 3.04. The van der Waals surface area contributed by atoms with Gasteiger partial charge in [0.05, 0.1) is 20.2 Å². The van der Waals surface area contributed by atoms with Crippen LogP contribution in [0.1, 0.15) is 45.1 Å². The van der Waals surface area contributed by atoms with E-state index in [0.29, 0.717) is 18.7 Å². The number of ether oxygens (including phenoxy) is 1. The first kappa shape index (κ1) is 22.6.